The molecule has 6 rings (SSSR count). The first-order chi connectivity index (χ1) is 29.0. The van der Waals surface area contributed by atoms with Gasteiger partial charge < -0.3 is 38.6 Å². The van der Waals surface area contributed by atoms with E-state index < -0.39 is 11.9 Å². The highest BCUT2D eigenvalue weighted by Gasteiger charge is 2.39. The summed E-state index contributed by atoms with van der Waals surface area (Å²) in [6.07, 6.45) is 25.9. The maximum atomic E-state index is 13.1. The summed E-state index contributed by atoms with van der Waals surface area (Å²) in [4.78, 5) is 50.3. The second-order valence-corrected chi connectivity index (χ2v) is 17.4. The molecule has 0 aromatic carbocycles. The van der Waals surface area contributed by atoms with Gasteiger partial charge in [0, 0.05) is 24.2 Å². The van der Waals surface area contributed by atoms with E-state index in [1.165, 1.54) is 101 Å². The zero-order chi connectivity index (χ0) is 41.4. The van der Waals surface area contributed by atoms with Crippen molar-refractivity contribution in [3.8, 4) is 44.1 Å². The average molecular weight is 841 g/mol. The number of aromatic nitrogens is 2. The maximum absolute atomic E-state index is 13.1. The second-order valence-electron chi connectivity index (χ2n) is 16.4. The molecule has 328 valence electrons. The standard InChI is InChI=1S/C46H68N2O10S/c1-3-5-7-9-11-13-15-17-19-21-27-47-35(33-25-23-29-55-57-39(33)37(47)45(49)50)43-41-42(54-32-31-53-41)44(59-43)36-34-26-24-30-56-58-40(34)38(46(51)52)48(36)28-22-20-18-16-14-12-10-8-6-4-2/h3-32H2,1-2H3,(H,49,50)(H,51,52). The summed E-state index contributed by atoms with van der Waals surface area (Å²) in [5.74, 6) is -0.570. The van der Waals surface area contributed by atoms with E-state index in [-0.39, 0.29) is 22.9 Å². The van der Waals surface area contributed by atoms with Gasteiger partial charge in [0.15, 0.2) is 22.9 Å². The molecule has 0 amide bonds. The molecule has 0 radical (unpaired) electrons. The lowest BCUT2D eigenvalue weighted by Gasteiger charge is -2.19. The molecule has 0 atom stereocenters. The van der Waals surface area contributed by atoms with Gasteiger partial charge in [-0.3, -0.25) is 0 Å². The van der Waals surface area contributed by atoms with E-state index in [0.29, 0.717) is 76.7 Å². The Morgan fingerprint density at radius 2 is 0.864 bits per heavy atom. The molecule has 59 heavy (non-hydrogen) atoms. The number of nitrogens with zero attached hydrogens (tertiary/aromatic N) is 2. The van der Waals surface area contributed by atoms with Crippen LogP contribution in [-0.4, -0.2) is 57.7 Å². The van der Waals surface area contributed by atoms with E-state index in [1.807, 2.05) is 9.13 Å². The van der Waals surface area contributed by atoms with Crippen molar-refractivity contribution in [2.45, 2.75) is 181 Å². The molecule has 0 spiro atoms. The van der Waals surface area contributed by atoms with E-state index >= 15 is 0 Å². The molecule has 3 aromatic heterocycles. The SMILES string of the molecule is CCCCCCCCCCCCn1c(C(=O)O)c2c(c1-c1sc(-c3c4c(c(C(=O)O)n3CCCCCCCCCCCC)OOCCC4)c3c1OCCO3)CCCOO2. The summed E-state index contributed by atoms with van der Waals surface area (Å²) in [5.41, 5.74) is 3.19. The fourth-order valence-corrected chi connectivity index (χ4v) is 10.3. The van der Waals surface area contributed by atoms with Gasteiger partial charge in [-0.05, 0) is 38.5 Å². The Bertz CT molecular complexity index is 1680. The van der Waals surface area contributed by atoms with E-state index in [4.69, 9.17) is 29.0 Å². The van der Waals surface area contributed by atoms with Crippen molar-refractivity contribution in [3.05, 3.63) is 22.5 Å². The predicted molar refractivity (Wildman–Crippen MR) is 230 cm³/mol. The molecule has 3 aliphatic heterocycles. The van der Waals surface area contributed by atoms with Gasteiger partial charge in [-0.1, -0.05) is 129 Å². The molecule has 3 aliphatic rings. The number of thiophene rings is 1. The van der Waals surface area contributed by atoms with Crippen LogP contribution in [0.2, 0.25) is 0 Å². The summed E-state index contributed by atoms with van der Waals surface area (Å²) < 4.78 is 16.7. The van der Waals surface area contributed by atoms with Crippen LogP contribution in [0.15, 0.2) is 0 Å². The largest absolute Gasteiger partial charge is 0.485 e. The third-order valence-electron chi connectivity index (χ3n) is 11.9. The first-order valence-electron chi connectivity index (χ1n) is 23.0. The van der Waals surface area contributed by atoms with Gasteiger partial charge in [-0.15, -0.1) is 11.3 Å². The van der Waals surface area contributed by atoms with E-state index in [1.54, 1.807) is 0 Å². The van der Waals surface area contributed by atoms with Crippen molar-refractivity contribution >= 4 is 23.3 Å². The number of hydrogen-bond donors (Lipinski definition) is 2. The monoisotopic (exact) mass is 840 g/mol. The highest BCUT2D eigenvalue weighted by molar-refractivity contribution is 7.19. The van der Waals surface area contributed by atoms with Gasteiger partial charge in [0.05, 0.1) is 34.4 Å². The summed E-state index contributed by atoms with van der Waals surface area (Å²) >= 11 is 1.47. The van der Waals surface area contributed by atoms with Crippen molar-refractivity contribution in [2.75, 3.05) is 26.4 Å². The van der Waals surface area contributed by atoms with Crippen LogP contribution in [-0.2, 0) is 35.7 Å². The van der Waals surface area contributed by atoms with Crippen LogP contribution in [0.4, 0.5) is 0 Å². The van der Waals surface area contributed by atoms with Gasteiger partial charge >= 0.3 is 11.9 Å². The van der Waals surface area contributed by atoms with Crippen LogP contribution in [0.3, 0.4) is 0 Å². The van der Waals surface area contributed by atoms with Crippen LogP contribution in [0.25, 0.3) is 21.1 Å². The zero-order valence-electron chi connectivity index (χ0n) is 35.7. The van der Waals surface area contributed by atoms with Crippen molar-refractivity contribution < 1.29 is 48.8 Å². The quantitative estimate of drug-likeness (QED) is 0.0593. The molecule has 0 saturated carbocycles. The number of unbranched alkanes of at least 4 members (excludes halogenated alkanes) is 18. The van der Waals surface area contributed by atoms with Crippen LogP contribution in [0, 0.1) is 0 Å². The van der Waals surface area contributed by atoms with Crippen molar-refractivity contribution in [3.63, 3.8) is 0 Å². The number of carboxylic acids is 2. The third-order valence-corrected chi connectivity index (χ3v) is 13.1. The first-order valence-corrected chi connectivity index (χ1v) is 23.8. The van der Waals surface area contributed by atoms with Crippen molar-refractivity contribution in [2.24, 2.45) is 0 Å². The van der Waals surface area contributed by atoms with Crippen molar-refractivity contribution in [1.82, 2.24) is 9.13 Å². The zero-order valence-corrected chi connectivity index (χ0v) is 36.5. The van der Waals surface area contributed by atoms with E-state index in [2.05, 4.69) is 13.8 Å². The van der Waals surface area contributed by atoms with Crippen LogP contribution < -0.4 is 19.2 Å². The highest BCUT2D eigenvalue weighted by atomic mass is 32.1. The lowest BCUT2D eigenvalue weighted by molar-refractivity contribution is -0.204. The van der Waals surface area contributed by atoms with Gasteiger partial charge in [-0.2, -0.15) is 9.78 Å². The molecule has 12 nitrogen and oxygen atoms in total. The highest BCUT2D eigenvalue weighted by Crippen LogP contribution is 2.58. The van der Waals surface area contributed by atoms with Crippen LogP contribution >= 0.6 is 11.3 Å². The summed E-state index contributed by atoms with van der Waals surface area (Å²) in [6.45, 7) is 6.82. The summed E-state index contributed by atoms with van der Waals surface area (Å²) in [6, 6.07) is 0. The second kappa shape index (κ2) is 23.4. The average Bonchev–Trinajstić information content (AvgIpc) is 3.67. The smallest absolute Gasteiger partial charge is 0.356 e. The molecule has 6 heterocycles. The molecule has 13 heteroatoms. The minimum atomic E-state index is -1.08. The molecule has 0 saturated heterocycles. The Morgan fingerprint density at radius 1 is 0.508 bits per heavy atom. The van der Waals surface area contributed by atoms with Crippen molar-refractivity contribution in [1.29, 1.82) is 0 Å². The Balaban J connectivity index is 1.34. The molecule has 2 N–H and O–H groups in total. The minimum absolute atomic E-state index is 0.0742. The molecule has 3 aromatic rings. The topological polar surface area (TPSA) is 140 Å². The fourth-order valence-electron chi connectivity index (χ4n) is 8.92. The van der Waals surface area contributed by atoms with Gasteiger partial charge in [0.2, 0.25) is 11.5 Å². The molecule has 0 aliphatic carbocycles. The van der Waals surface area contributed by atoms with Gasteiger partial charge in [0.25, 0.3) is 0 Å². The number of fused-ring (bicyclic) bond motifs is 3. The van der Waals surface area contributed by atoms with E-state index in [9.17, 15) is 19.8 Å². The van der Waals surface area contributed by atoms with Crippen LogP contribution in [0.1, 0.15) is 187 Å². The number of ether oxygens (including phenoxy) is 2. The molecular weight excluding hydrogens is 773 g/mol. The predicted octanol–water partition coefficient (Wildman–Crippen LogP) is 12.2. The number of hydrogen-bond acceptors (Lipinski definition) is 9. The van der Waals surface area contributed by atoms with Gasteiger partial charge in [0.1, 0.15) is 13.2 Å². The molecule has 0 unspecified atom stereocenters. The Hall–Kier alpha value is -3.68. The lowest BCUT2D eigenvalue weighted by Crippen LogP contribution is -2.16. The molecular formula is C46H68N2O10S. The van der Waals surface area contributed by atoms with E-state index in [0.717, 1.165) is 70.8 Å². The number of aromatic carboxylic acids is 2. The molecule has 0 bridgehead atoms. The minimum Gasteiger partial charge on any atom is -0.485 e. The Labute approximate surface area is 354 Å². The Kier molecular flexibility index (Phi) is 17.8. The first kappa shape index (κ1) is 44.9. The third kappa shape index (κ3) is 11.2. The number of carbonyl (C=O) groups is 2. The summed E-state index contributed by atoms with van der Waals surface area (Å²) in [7, 11) is 0. The number of rotatable bonds is 26. The van der Waals surface area contributed by atoms with Crippen LogP contribution in [0.5, 0.6) is 23.0 Å². The number of carboxylic acid groups (broad SMARTS) is 2. The lowest BCUT2D eigenvalue weighted by atomic mass is 10.1. The normalized spacial score (nSPS) is 14.9. The Morgan fingerprint density at radius 3 is 1.22 bits per heavy atom. The summed E-state index contributed by atoms with van der Waals surface area (Å²) in [5, 5.41) is 21.4. The fraction of sp³-hybridized carbons (Fsp3) is 0.696. The molecule has 0 fully saturated rings. The van der Waals surface area contributed by atoms with Gasteiger partial charge in [-0.25, -0.2) is 9.59 Å². The maximum Gasteiger partial charge on any atom is 0.356 e.